The molecule has 0 saturated carbocycles. The summed E-state index contributed by atoms with van der Waals surface area (Å²) < 4.78 is 40.6. The third-order valence-electron chi connectivity index (χ3n) is 2.91. The molecule has 0 amide bonds. The van der Waals surface area contributed by atoms with Crippen LogP contribution in [0.2, 0.25) is 0 Å². The first-order valence-electron chi connectivity index (χ1n) is 6.21. The number of carbonyl (C=O) groups excluding carboxylic acids is 1. The Hall–Kier alpha value is -0.820. The molecule has 0 spiro atoms. The minimum atomic E-state index is -4.12. The number of alkyl halides is 3. The zero-order chi connectivity index (χ0) is 15.1. The largest absolute Gasteiger partial charge is 0.468 e. The third-order valence-corrected chi connectivity index (χ3v) is 2.91. The molecule has 0 radical (unpaired) electrons. The van der Waals surface area contributed by atoms with Crippen LogP contribution < -0.4 is 5.73 Å². The van der Waals surface area contributed by atoms with Gasteiger partial charge in [0.05, 0.1) is 13.5 Å². The van der Waals surface area contributed by atoms with E-state index >= 15 is 0 Å². The Morgan fingerprint density at radius 1 is 1.21 bits per heavy atom. The second kappa shape index (κ2) is 7.69. The van der Waals surface area contributed by atoms with E-state index < -0.39 is 24.1 Å². The zero-order valence-corrected chi connectivity index (χ0v) is 11.7. The minimum absolute atomic E-state index is 0.0135. The van der Waals surface area contributed by atoms with Gasteiger partial charge >= 0.3 is 12.1 Å². The Bertz CT molecular complexity index is 281. The highest BCUT2D eigenvalue weighted by Gasteiger charge is 2.29. The summed E-state index contributed by atoms with van der Waals surface area (Å²) in [5, 5.41) is 0. The number of esters is 1. The molecular formula is C12H23F3N2O2. The number of carbonyl (C=O) groups is 1. The number of hydrogen-bond acceptors (Lipinski definition) is 4. The van der Waals surface area contributed by atoms with Gasteiger partial charge in [-0.05, 0) is 39.8 Å². The van der Waals surface area contributed by atoms with Crippen molar-refractivity contribution in [3.8, 4) is 0 Å². The molecule has 1 unspecified atom stereocenters. The van der Waals surface area contributed by atoms with Crippen molar-refractivity contribution >= 4 is 5.97 Å². The van der Waals surface area contributed by atoms with Crippen molar-refractivity contribution in [2.45, 2.75) is 44.3 Å². The molecule has 4 nitrogen and oxygen atoms in total. The van der Waals surface area contributed by atoms with Gasteiger partial charge in [0.2, 0.25) is 0 Å². The summed E-state index contributed by atoms with van der Waals surface area (Å²) >= 11 is 0. The monoisotopic (exact) mass is 284 g/mol. The van der Waals surface area contributed by atoms with Crippen molar-refractivity contribution in [3.63, 3.8) is 0 Å². The molecule has 0 heterocycles. The second-order valence-electron chi connectivity index (χ2n) is 5.03. The number of hydrogen-bond donors (Lipinski definition) is 1. The fourth-order valence-electron chi connectivity index (χ4n) is 1.64. The molecule has 0 bridgehead atoms. The van der Waals surface area contributed by atoms with Crippen LogP contribution in [0.3, 0.4) is 0 Å². The summed E-state index contributed by atoms with van der Waals surface area (Å²) in [4.78, 5) is 12.9. The lowest BCUT2D eigenvalue weighted by Gasteiger charge is -2.22. The third kappa shape index (κ3) is 8.83. The summed E-state index contributed by atoms with van der Waals surface area (Å²) in [6, 6.07) is 0. The first-order chi connectivity index (χ1) is 8.58. The molecule has 0 aliphatic carbocycles. The molecule has 1 atom stereocenters. The molecule has 114 valence electrons. The van der Waals surface area contributed by atoms with Gasteiger partial charge in [0.25, 0.3) is 0 Å². The molecule has 0 rings (SSSR count). The molecule has 2 N–H and O–H groups in total. The Labute approximate surface area is 112 Å². The molecule has 0 aliphatic rings. The number of nitrogens with two attached hydrogens (primary N) is 1. The Kier molecular flexibility index (Phi) is 7.36. The predicted octanol–water partition coefficient (Wildman–Crippen LogP) is 1.93. The minimum Gasteiger partial charge on any atom is -0.468 e. The van der Waals surface area contributed by atoms with E-state index in [1.807, 2.05) is 0 Å². The highest BCUT2D eigenvalue weighted by Crippen LogP contribution is 2.19. The van der Waals surface area contributed by atoms with E-state index in [2.05, 4.69) is 4.74 Å². The molecule has 0 aromatic heterocycles. The van der Waals surface area contributed by atoms with E-state index in [1.54, 1.807) is 18.9 Å². The van der Waals surface area contributed by atoms with E-state index in [4.69, 9.17) is 5.73 Å². The van der Waals surface area contributed by atoms with Gasteiger partial charge < -0.3 is 15.4 Å². The van der Waals surface area contributed by atoms with Crippen molar-refractivity contribution < 1.29 is 22.7 Å². The molecule has 0 aromatic rings. The summed E-state index contributed by atoms with van der Waals surface area (Å²) in [7, 11) is 2.92. The van der Waals surface area contributed by atoms with E-state index in [-0.39, 0.29) is 6.54 Å². The number of unbranched alkanes of at least 4 members (excludes halogenated alkanes) is 1. The van der Waals surface area contributed by atoms with Crippen LogP contribution in [0.5, 0.6) is 0 Å². The fourth-order valence-corrected chi connectivity index (χ4v) is 1.64. The van der Waals surface area contributed by atoms with E-state index in [0.29, 0.717) is 25.8 Å². The van der Waals surface area contributed by atoms with Crippen LogP contribution in [0.25, 0.3) is 0 Å². The number of rotatable bonds is 8. The van der Waals surface area contributed by atoms with Crippen LogP contribution in [-0.4, -0.2) is 49.8 Å². The summed E-state index contributed by atoms with van der Waals surface area (Å²) in [6.07, 6.45) is -3.11. The van der Waals surface area contributed by atoms with Gasteiger partial charge in [-0.3, -0.25) is 4.79 Å². The van der Waals surface area contributed by atoms with Gasteiger partial charge in [0.1, 0.15) is 5.54 Å². The average molecular weight is 284 g/mol. The Balaban J connectivity index is 3.77. The molecule has 7 heteroatoms. The lowest BCUT2D eigenvalue weighted by molar-refractivity contribution is -0.146. The van der Waals surface area contributed by atoms with Crippen LogP contribution >= 0.6 is 0 Å². The first kappa shape index (κ1) is 18.2. The number of halogens is 3. The quantitative estimate of drug-likeness (QED) is 0.546. The second-order valence-corrected chi connectivity index (χ2v) is 5.03. The van der Waals surface area contributed by atoms with Crippen LogP contribution in [0.1, 0.15) is 32.6 Å². The van der Waals surface area contributed by atoms with Crippen LogP contribution in [0.4, 0.5) is 13.2 Å². The van der Waals surface area contributed by atoms with Crippen molar-refractivity contribution in [2.24, 2.45) is 5.73 Å². The van der Waals surface area contributed by atoms with E-state index in [9.17, 15) is 18.0 Å². The summed E-state index contributed by atoms with van der Waals surface area (Å²) in [5.41, 5.74) is 4.74. The van der Waals surface area contributed by atoms with E-state index in [0.717, 1.165) is 0 Å². The van der Waals surface area contributed by atoms with Crippen molar-refractivity contribution in [1.82, 2.24) is 4.90 Å². The maximum atomic E-state index is 12.0. The highest BCUT2D eigenvalue weighted by atomic mass is 19.4. The first-order valence-corrected chi connectivity index (χ1v) is 6.21. The van der Waals surface area contributed by atoms with E-state index in [1.165, 1.54) is 7.11 Å². The van der Waals surface area contributed by atoms with Crippen LogP contribution in [0, 0.1) is 0 Å². The highest BCUT2D eigenvalue weighted by molar-refractivity contribution is 5.79. The molecule has 19 heavy (non-hydrogen) atoms. The van der Waals surface area contributed by atoms with Crippen molar-refractivity contribution in [3.05, 3.63) is 0 Å². The van der Waals surface area contributed by atoms with Gasteiger partial charge in [-0.2, -0.15) is 13.2 Å². The lowest BCUT2D eigenvalue weighted by Crippen LogP contribution is -2.45. The number of ether oxygens (including phenoxy) is 1. The number of methoxy groups -OCH3 is 1. The van der Waals surface area contributed by atoms with Crippen molar-refractivity contribution in [1.29, 1.82) is 0 Å². The topological polar surface area (TPSA) is 55.6 Å². The molecular weight excluding hydrogens is 261 g/mol. The maximum absolute atomic E-state index is 12.0. The lowest BCUT2D eigenvalue weighted by atomic mass is 9.96. The molecule has 0 fully saturated rings. The van der Waals surface area contributed by atoms with Gasteiger partial charge in [0.15, 0.2) is 0 Å². The van der Waals surface area contributed by atoms with Crippen LogP contribution in [0.15, 0.2) is 0 Å². The Morgan fingerprint density at radius 3 is 2.26 bits per heavy atom. The molecule has 0 aliphatic heterocycles. The molecule has 0 aromatic carbocycles. The predicted molar refractivity (Wildman–Crippen MR) is 66.6 cm³/mol. The normalized spacial score (nSPS) is 15.4. The van der Waals surface area contributed by atoms with Crippen LogP contribution in [-0.2, 0) is 9.53 Å². The number of nitrogens with zero attached hydrogens (tertiary/aromatic N) is 1. The molecule has 0 saturated heterocycles. The smallest absolute Gasteiger partial charge is 0.390 e. The van der Waals surface area contributed by atoms with Gasteiger partial charge in [-0.1, -0.05) is 0 Å². The fraction of sp³-hybridized carbons (Fsp3) is 0.917. The Morgan fingerprint density at radius 2 is 1.79 bits per heavy atom. The van der Waals surface area contributed by atoms with Crippen molar-refractivity contribution in [2.75, 3.05) is 27.2 Å². The summed E-state index contributed by atoms with van der Waals surface area (Å²) in [6.45, 7) is 2.12. The SMILES string of the molecule is COC(=O)C(C)(N)CCCCN(C)CCC(F)(F)F. The standard InChI is InChI=1S/C12H23F3N2O2/c1-11(16,10(18)19-3)6-4-5-8-17(2)9-7-12(13,14)15/h4-9,16H2,1-3H3. The summed E-state index contributed by atoms with van der Waals surface area (Å²) in [5.74, 6) is -0.474. The van der Waals surface area contributed by atoms with Gasteiger partial charge in [-0.15, -0.1) is 0 Å². The van der Waals surface area contributed by atoms with Gasteiger partial charge in [-0.25, -0.2) is 0 Å². The van der Waals surface area contributed by atoms with Gasteiger partial charge in [0, 0.05) is 6.54 Å². The zero-order valence-electron chi connectivity index (χ0n) is 11.7. The maximum Gasteiger partial charge on any atom is 0.390 e. The average Bonchev–Trinajstić information content (AvgIpc) is 2.30.